The summed E-state index contributed by atoms with van der Waals surface area (Å²) in [6, 6.07) is 14.7. The molecule has 1 fully saturated rings. The molecular formula is C25H23F3N4O3. The van der Waals surface area contributed by atoms with E-state index >= 15 is 0 Å². The van der Waals surface area contributed by atoms with Gasteiger partial charge in [0.05, 0.1) is 11.3 Å². The van der Waals surface area contributed by atoms with Crippen LogP contribution < -0.4 is 10.7 Å². The topological polar surface area (TPSA) is 84.3 Å². The minimum Gasteiger partial charge on any atom is -0.337 e. The average Bonchev–Trinajstić information content (AvgIpc) is 2.84. The van der Waals surface area contributed by atoms with Gasteiger partial charge in [-0.2, -0.15) is 18.3 Å². The van der Waals surface area contributed by atoms with Gasteiger partial charge >= 0.3 is 6.18 Å². The van der Waals surface area contributed by atoms with Crippen LogP contribution in [-0.2, 0) is 11.0 Å². The van der Waals surface area contributed by atoms with Gasteiger partial charge in [0.15, 0.2) is 5.69 Å². The zero-order valence-electron chi connectivity index (χ0n) is 18.9. The fraction of sp³-hybridized carbons (Fsp3) is 0.280. The van der Waals surface area contributed by atoms with E-state index in [1.165, 1.54) is 30.0 Å². The Kier molecular flexibility index (Phi) is 6.72. The van der Waals surface area contributed by atoms with Crippen LogP contribution in [0, 0.1) is 12.8 Å². The Morgan fingerprint density at radius 3 is 2.34 bits per heavy atom. The second-order valence-corrected chi connectivity index (χ2v) is 8.38. The molecule has 2 aromatic carbocycles. The van der Waals surface area contributed by atoms with Crippen molar-refractivity contribution in [3.05, 3.63) is 87.8 Å². The lowest BCUT2D eigenvalue weighted by Crippen LogP contribution is -2.43. The first kappa shape index (κ1) is 24.2. The highest BCUT2D eigenvalue weighted by atomic mass is 19.4. The van der Waals surface area contributed by atoms with Crippen molar-refractivity contribution in [2.75, 3.05) is 18.4 Å². The standard InChI is InChI=1S/C25H23F3N4O3/c1-16-14-21(33)22(30-32(16)20-9-5-6-18(15-20)25(26,27)28)24(35)31-12-10-17(11-13-31)23(34)29-19-7-3-2-4-8-19/h2-9,14-15,17H,10-13H2,1H3,(H,29,34). The molecule has 1 N–H and O–H groups in total. The minimum absolute atomic E-state index is 0.0858. The molecule has 1 saturated heterocycles. The summed E-state index contributed by atoms with van der Waals surface area (Å²) in [4.78, 5) is 39.6. The van der Waals surface area contributed by atoms with Crippen LogP contribution in [0.4, 0.5) is 18.9 Å². The number of alkyl halides is 3. The van der Waals surface area contributed by atoms with Gasteiger partial charge in [-0.25, -0.2) is 4.68 Å². The molecule has 3 aromatic rings. The van der Waals surface area contributed by atoms with Crippen molar-refractivity contribution in [1.82, 2.24) is 14.7 Å². The summed E-state index contributed by atoms with van der Waals surface area (Å²) >= 11 is 0. The Hall–Kier alpha value is -3.95. The Morgan fingerprint density at radius 2 is 1.69 bits per heavy atom. The highest BCUT2D eigenvalue weighted by Gasteiger charge is 2.32. The molecule has 0 bridgehead atoms. The van der Waals surface area contributed by atoms with Gasteiger partial charge in [0.2, 0.25) is 11.3 Å². The molecule has 1 aliphatic rings. The zero-order valence-corrected chi connectivity index (χ0v) is 18.9. The van der Waals surface area contributed by atoms with E-state index in [2.05, 4.69) is 10.4 Å². The second-order valence-electron chi connectivity index (χ2n) is 8.38. The van der Waals surface area contributed by atoms with Crippen LogP contribution in [0.15, 0.2) is 65.5 Å². The van der Waals surface area contributed by atoms with Gasteiger partial charge in [-0.3, -0.25) is 14.4 Å². The molecule has 10 heteroatoms. The monoisotopic (exact) mass is 484 g/mol. The maximum Gasteiger partial charge on any atom is 0.416 e. The maximum atomic E-state index is 13.1. The summed E-state index contributed by atoms with van der Waals surface area (Å²) in [6.07, 6.45) is -3.71. The number of aryl methyl sites for hydroxylation is 1. The van der Waals surface area contributed by atoms with Gasteiger partial charge in [-0.15, -0.1) is 0 Å². The quantitative estimate of drug-likeness (QED) is 0.606. The Bertz CT molecular complexity index is 1300. The van der Waals surface area contributed by atoms with Gasteiger partial charge in [0.25, 0.3) is 5.91 Å². The van der Waals surface area contributed by atoms with Crippen molar-refractivity contribution in [2.45, 2.75) is 25.9 Å². The molecule has 1 aromatic heterocycles. The highest BCUT2D eigenvalue weighted by molar-refractivity contribution is 5.94. The van der Waals surface area contributed by atoms with E-state index < -0.39 is 23.1 Å². The molecule has 182 valence electrons. The van der Waals surface area contributed by atoms with Crippen molar-refractivity contribution >= 4 is 17.5 Å². The molecule has 0 unspecified atom stereocenters. The van der Waals surface area contributed by atoms with E-state index in [1.807, 2.05) is 18.2 Å². The van der Waals surface area contributed by atoms with Crippen molar-refractivity contribution in [1.29, 1.82) is 0 Å². The number of carbonyl (C=O) groups excluding carboxylic acids is 2. The minimum atomic E-state index is -4.54. The first-order valence-electron chi connectivity index (χ1n) is 11.1. The lowest BCUT2D eigenvalue weighted by molar-refractivity contribution is -0.137. The fourth-order valence-corrected chi connectivity index (χ4v) is 4.03. The Labute approximate surface area is 199 Å². The number of likely N-dealkylation sites (tertiary alicyclic amines) is 1. The second kappa shape index (κ2) is 9.73. The van der Waals surface area contributed by atoms with Crippen molar-refractivity contribution in [3.63, 3.8) is 0 Å². The van der Waals surface area contributed by atoms with E-state index in [0.29, 0.717) is 24.2 Å². The number of carbonyl (C=O) groups is 2. The van der Waals surface area contributed by atoms with Crippen LogP contribution in [-0.4, -0.2) is 39.6 Å². The van der Waals surface area contributed by atoms with Crippen LogP contribution in [0.5, 0.6) is 0 Å². The van der Waals surface area contributed by atoms with Gasteiger partial charge in [0, 0.05) is 36.5 Å². The number of halogens is 3. The molecule has 0 atom stereocenters. The smallest absolute Gasteiger partial charge is 0.337 e. The van der Waals surface area contributed by atoms with Gasteiger partial charge in [0.1, 0.15) is 0 Å². The lowest BCUT2D eigenvalue weighted by atomic mass is 9.95. The molecule has 0 aliphatic carbocycles. The van der Waals surface area contributed by atoms with Crippen molar-refractivity contribution in [3.8, 4) is 5.69 Å². The number of piperidine rings is 1. The van der Waals surface area contributed by atoms with Crippen LogP contribution in [0.1, 0.15) is 34.6 Å². The SMILES string of the molecule is Cc1cc(=O)c(C(=O)N2CCC(C(=O)Nc3ccccc3)CC2)nn1-c1cccc(C(F)(F)F)c1. The van der Waals surface area contributed by atoms with E-state index in [9.17, 15) is 27.6 Å². The molecule has 2 heterocycles. The van der Waals surface area contributed by atoms with Gasteiger partial charge in [-0.05, 0) is 50.1 Å². The highest BCUT2D eigenvalue weighted by Crippen LogP contribution is 2.30. The number of amides is 2. The summed E-state index contributed by atoms with van der Waals surface area (Å²) in [5.41, 5.74) is -0.779. The number of aromatic nitrogens is 2. The molecule has 0 saturated carbocycles. The van der Waals surface area contributed by atoms with Crippen LogP contribution in [0.3, 0.4) is 0 Å². The maximum absolute atomic E-state index is 13.1. The van der Waals surface area contributed by atoms with Crippen LogP contribution in [0.2, 0.25) is 0 Å². The third kappa shape index (κ3) is 5.42. The molecule has 0 spiro atoms. The van der Waals surface area contributed by atoms with Crippen LogP contribution in [0.25, 0.3) is 5.69 Å². The molecule has 35 heavy (non-hydrogen) atoms. The van der Waals surface area contributed by atoms with Crippen LogP contribution >= 0.6 is 0 Å². The predicted molar refractivity (Wildman–Crippen MR) is 123 cm³/mol. The lowest BCUT2D eigenvalue weighted by Gasteiger charge is -2.31. The Morgan fingerprint density at radius 1 is 1.00 bits per heavy atom. The van der Waals surface area contributed by atoms with E-state index in [0.717, 1.165) is 16.8 Å². The zero-order chi connectivity index (χ0) is 25.2. The summed E-state index contributed by atoms with van der Waals surface area (Å²) in [6.45, 7) is 2.04. The molecule has 0 radical (unpaired) electrons. The summed E-state index contributed by atoms with van der Waals surface area (Å²) < 4.78 is 40.6. The average molecular weight is 484 g/mol. The fourth-order valence-electron chi connectivity index (χ4n) is 4.03. The number of para-hydroxylation sites is 1. The number of nitrogens with one attached hydrogen (secondary N) is 1. The third-order valence-electron chi connectivity index (χ3n) is 5.92. The number of nitrogens with zero attached hydrogens (tertiary/aromatic N) is 3. The number of benzene rings is 2. The molecule has 4 rings (SSSR count). The van der Waals surface area contributed by atoms with Crippen molar-refractivity contribution < 1.29 is 22.8 Å². The van der Waals surface area contributed by atoms with E-state index in [1.54, 1.807) is 12.1 Å². The Balaban J connectivity index is 1.50. The van der Waals surface area contributed by atoms with Gasteiger partial charge in [-0.1, -0.05) is 24.3 Å². The van der Waals surface area contributed by atoms with E-state index in [-0.39, 0.29) is 36.3 Å². The van der Waals surface area contributed by atoms with E-state index in [4.69, 9.17) is 0 Å². The number of hydrogen-bond donors (Lipinski definition) is 1. The number of anilines is 1. The molecule has 1 aliphatic heterocycles. The number of hydrogen-bond acceptors (Lipinski definition) is 4. The molecular weight excluding hydrogens is 461 g/mol. The predicted octanol–water partition coefficient (Wildman–Crippen LogP) is 4.05. The van der Waals surface area contributed by atoms with Crippen molar-refractivity contribution in [2.24, 2.45) is 5.92 Å². The molecule has 7 nitrogen and oxygen atoms in total. The van der Waals surface area contributed by atoms with Gasteiger partial charge < -0.3 is 10.2 Å². The summed E-state index contributed by atoms with van der Waals surface area (Å²) in [5, 5.41) is 6.97. The first-order valence-corrected chi connectivity index (χ1v) is 11.1. The summed E-state index contributed by atoms with van der Waals surface area (Å²) in [5.74, 6) is -1.03. The molecule has 2 amide bonds. The third-order valence-corrected chi connectivity index (χ3v) is 5.92. The largest absolute Gasteiger partial charge is 0.416 e. The normalized spacial score (nSPS) is 14.6. The first-order chi connectivity index (χ1) is 16.6. The summed E-state index contributed by atoms with van der Waals surface area (Å²) in [7, 11) is 0. The number of rotatable bonds is 4.